The molecule has 1 N–H and O–H groups in total. The van der Waals surface area contributed by atoms with Crippen LogP contribution in [0.5, 0.6) is 5.88 Å². The Balaban J connectivity index is 1.95. The molecule has 0 atom stereocenters. The first-order valence-electron chi connectivity index (χ1n) is 8.74. The van der Waals surface area contributed by atoms with E-state index in [0.717, 1.165) is 38.5 Å². The molecule has 1 saturated carbocycles. The summed E-state index contributed by atoms with van der Waals surface area (Å²) in [7, 11) is 0. The Bertz CT molecular complexity index is 476. The van der Waals surface area contributed by atoms with Gasteiger partial charge in [-0.3, -0.25) is 4.79 Å². The molecule has 23 heavy (non-hydrogen) atoms. The minimum atomic E-state index is -0.677. The van der Waals surface area contributed by atoms with Crippen LogP contribution in [-0.2, 0) is 9.53 Å². The fourth-order valence-corrected chi connectivity index (χ4v) is 2.94. The van der Waals surface area contributed by atoms with Crippen LogP contribution in [0, 0.1) is 0 Å². The van der Waals surface area contributed by atoms with Crippen LogP contribution in [0.1, 0.15) is 58.8 Å². The molecule has 5 nitrogen and oxygen atoms in total. The van der Waals surface area contributed by atoms with E-state index in [0.29, 0.717) is 24.8 Å². The van der Waals surface area contributed by atoms with Gasteiger partial charge in [-0.1, -0.05) is 32.6 Å². The maximum atomic E-state index is 12.7. The Labute approximate surface area is 138 Å². The Morgan fingerprint density at radius 1 is 1.26 bits per heavy atom. The highest BCUT2D eigenvalue weighted by atomic mass is 16.5. The number of pyridine rings is 1. The number of rotatable bonds is 8. The Morgan fingerprint density at radius 2 is 2.04 bits per heavy atom. The summed E-state index contributed by atoms with van der Waals surface area (Å²) in [5.41, 5.74) is 0.00558. The first kappa shape index (κ1) is 17.7. The van der Waals surface area contributed by atoms with E-state index in [1.54, 1.807) is 12.3 Å². The van der Waals surface area contributed by atoms with Gasteiger partial charge < -0.3 is 14.8 Å². The van der Waals surface area contributed by atoms with Crippen LogP contribution < -0.4 is 10.1 Å². The van der Waals surface area contributed by atoms with Crippen molar-refractivity contribution in [2.24, 2.45) is 0 Å². The SMILES string of the molecule is CCCCOc1ccc(NC(=O)C2(OCC)CCCCC2)cn1. The third-order valence-electron chi connectivity index (χ3n) is 4.24. The van der Waals surface area contributed by atoms with Crippen molar-refractivity contribution in [3.05, 3.63) is 18.3 Å². The summed E-state index contributed by atoms with van der Waals surface area (Å²) in [4.78, 5) is 16.9. The molecule has 1 aromatic heterocycles. The zero-order valence-electron chi connectivity index (χ0n) is 14.3. The normalized spacial score (nSPS) is 16.8. The van der Waals surface area contributed by atoms with E-state index in [1.807, 2.05) is 13.0 Å². The fraction of sp³-hybridized carbons (Fsp3) is 0.667. The molecule has 0 spiro atoms. The maximum absolute atomic E-state index is 12.7. The number of ether oxygens (including phenoxy) is 2. The number of nitrogens with one attached hydrogen (secondary N) is 1. The molecule has 0 aliphatic heterocycles. The highest BCUT2D eigenvalue weighted by molar-refractivity contribution is 5.97. The lowest BCUT2D eigenvalue weighted by Crippen LogP contribution is -2.47. The second-order valence-corrected chi connectivity index (χ2v) is 6.03. The molecule has 0 bridgehead atoms. The zero-order valence-corrected chi connectivity index (χ0v) is 14.3. The van der Waals surface area contributed by atoms with Crippen molar-refractivity contribution in [2.75, 3.05) is 18.5 Å². The van der Waals surface area contributed by atoms with Gasteiger partial charge in [0.2, 0.25) is 5.88 Å². The lowest BCUT2D eigenvalue weighted by atomic mass is 9.83. The standard InChI is InChI=1S/C18H28N2O3/c1-3-5-13-22-16-10-9-15(14-19-16)20-17(21)18(23-4-2)11-7-6-8-12-18/h9-10,14H,3-8,11-13H2,1-2H3,(H,20,21). The minimum Gasteiger partial charge on any atom is -0.478 e. The van der Waals surface area contributed by atoms with Gasteiger partial charge in [0.25, 0.3) is 5.91 Å². The topological polar surface area (TPSA) is 60.5 Å². The van der Waals surface area contributed by atoms with Gasteiger partial charge >= 0.3 is 0 Å². The molecule has 128 valence electrons. The number of aromatic nitrogens is 1. The minimum absolute atomic E-state index is 0.0551. The van der Waals surface area contributed by atoms with Crippen LogP contribution in [0.2, 0.25) is 0 Å². The largest absolute Gasteiger partial charge is 0.478 e. The van der Waals surface area contributed by atoms with Crippen LogP contribution in [0.25, 0.3) is 0 Å². The summed E-state index contributed by atoms with van der Waals surface area (Å²) in [6.07, 6.45) is 8.57. The summed E-state index contributed by atoms with van der Waals surface area (Å²) >= 11 is 0. The number of hydrogen-bond donors (Lipinski definition) is 1. The number of carbonyl (C=O) groups is 1. The van der Waals surface area contributed by atoms with Gasteiger partial charge in [-0.25, -0.2) is 4.98 Å². The number of nitrogens with zero attached hydrogens (tertiary/aromatic N) is 1. The van der Waals surface area contributed by atoms with Crippen LogP contribution in [0.4, 0.5) is 5.69 Å². The summed E-state index contributed by atoms with van der Waals surface area (Å²) in [6.45, 7) is 5.28. The second-order valence-electron chi connectivity index (χ2n) is 6.03. The van der Waals surface area contributed by atoms with Crippen molar-refractivity contribution < 1.29 is 14.3 Å². The molecule has 1 heterocycles. The average Bonchev–Trinajstić information content (AvgIpc) is 2.58. The smallest absolute Gasteiger partial charge is 0.256 e. The third kappa shape index (κ3) is 4.93. The number of amides is 1. The van der Waals surface area contributed by atoms with Gasteiger partial charge in [0.05, 0.1) is 18.5 Å². The summed E-state index contributed by atoms with van der Waals surface area (Å²) in [5, 5.41) is 2.95. The average molecular weight is 320 g/mol. The van der Waals surface area contributed by atoms with Gasteiger partial charge in [0.1, 0.15) is 5.60 Å². The summed E-state index contributed by atoms with van der Waals surface area (Å²) in [6, 6.07) is 3.62. The van der Waals surface area contributed by atoms with Crippen molar-refractivity contribution in [1.29, 1.82) is 0 Å². The molecule has 1 aliphatic carbocycles. The zero-order chi connectivity index (χ0) is 16.5. The molecule has 1 aliphatic rings. The molecule has 0 saturated heterocycles. The molecular formula is C18H28N2O3. The van der Waals surface area contributed by atoms with Crippen molar-refractivity contribution in [3.8, 4) is 5.88 Å². The molecule has 0 unspecified atom stereocenters. The van der Waals surface area contributed by atoms with E-state index in [2.05, 4.69) is 17.2 Å². The number of unbranched alkanes of at least 4 members (excludes halogenated alkanes) is 1. The Kier molecular flexibility index (Phi) is 6.84. The van der Waals surface area contributed by atoms with E-state index in [1.165, 1.54) is 6.42 Å². The van der Waals surface area contributed by atoms with Crippen molar-refractivity contribution in [1.82, 2.24) is 4.98 Å². The fourth-order valence-electron chi connectivity index (χ4n) is 2.94. The van der Waals surface area contributed by atoms with Crippen LogP contribution in [0.3, 0.4) is 0 Å². The molecule has 2 rings (SSSR count). The lowest BCUT2D eigenvalue weighted by molar-refractivity contribution is -0.145. The molecule has 1 aromatic rings. The lowest BCUT2D eigenvalue weighted by Gasteiger charge is -2.35. The summed E-state index contributed by atoms with van der Waals surface area (Å²) < 4.78 is 11.4. The second kappa shape index (κ2) is 8.87. The quantitative estimate of drug-likeness (QED) is 0.737. The van der Waals surface area contributed by atoms with Gasteiger partial charge in [0, 0.05) is 12.7 Å². The first-order valence-corrected chi connectivity index (χ1v) is 8.74. The highest BCUT2D eigenvalue weighted by Crippen LogP contribution is 2.33. The van der Waals surface area contributed by atoms with E-state index in [9.17, 15) is 4.79 Å². The van der Waals surface area contributed by atoms with Gasteiger partial charge in [-0.2, -0.15) is 0 Å². The number of anilines is 1. The highest BCUT2D eigenvalue weighted by Gasteiger charge is 2.40. The van der Waals surface area contributed by atoms with Gasteiger partial charge in [0.15, 0.2) is 0 Å². The molecular weight excluding hydrogens is 292 g/mol. The number of hydrogen-bond acceptors (Lipinski definition) is 4. The molecule has 5 heteroatoms. The monoisotopic (exact) mass is 320 g/mol. The third-order valence-corrected chi connectivity index (χ3v) is 4.24. The van der Waals surface area contributed by atoms with Crippen LogP contribution in [0.15, 0.2) is 18.3 Å². The van der Waals surface area contributed by atoms with Gasteiger partial charge in [-0.05, 0) is 32.3 Å². The van der Waals surface area contributed by atoms with E-state index >= 15 is 0 Å². The van der Waals surface area contributed by atoms with Crippen LogP contribution >= 0.6 is 0 Å². The van der Waals surface area contributed by atoms with E-state index < -0.39 is 5.60 Å². The van der Waals surface area contributed by atoms with E-state index in [4.69, 9.17) is 9.47 Å². The molecule has 1 amide bonds. The van der Waals surface area contributed by atoms with Crippen molar-refractivity contribution in [3.63, 3.8) is 0 Å². The summed E-state index contributed by atoms with van der Waals surface area (Å²) in [5.74, 6) is 0.536. The molecule has 0 aromatic carbocycles. The Hall–Kier alpha value is -1.62. The van der Waals surface area contributed by atoms with E-state index in [-0.39, 0.29) is 5.91 Å². The van der Waals surface area contributed by atoms with Gasteiger partial charge in [-0.15, -0.1) is 0 Å². The predicted octanol–water partition coefficient (Wildman–Crippen LogP) is 3.94. The maximum Gasteiger partial charge on any atom is 0.256 e. The predicted molar refractivity (Wildman–Crippen MR) is 90.7 cm³/mol. The Morgan fingerprint density at radius 3 is 2.65 bits per heavy atom. The van der Waals surface area contributed by atoms with Crippen LogP contribution in [-0.4, -0.2) is 29.7 Å². The molecule has 0 radical (unpaired) electrons. The molecule has 1 fully saturated rings. The first-order chi connectivity index (χ1) is 11.2. The van der Waals surface area contributed by atoms with Crippen molar-refractivity contribution in [2.45, 2.75) is 64.4 Å². The number of carbonyl (C=O) groups excluding carboxylic acids is 1. The van der Waals surface area contributed by atoms with Crippen molar-refractivity contribution >= 4 is 11.6 Å².